The first-order valence-corrected chi connectivity index (χ1v) is 13.0. The van der Waals surface area contributed by atoms with Gasteiger partial charge in [-0.1, -0.05) is 19.3 Å². The zero-order valence-corrected chi connectivity index (χ0v) is 21.3. The predicted octanol–water partition coefficient (Wildman–Crippen LogP) is 4.87. The highest BCUT2D eigenvalue weighted by Gasteiger charge is 2.35. The van der Waals surface area contributed by atoms with Crippen molar-refractivity contribution in [2.24, 2.45) is 17.8 Å². The summed E-state index contributed by atoms with van der Waals surface area (Å²) in [6.07, 6.45) is 5.70. The van der Waals surface area contributed by atoms with Crippen LogP contribution in [0.5, 0.6) is 0 Å². The van der Waals surface area contributed by atoms with Crippen molar-refractivity contribution in [1.29, 1.82) is 0 Å². The lowest BCUT2D eigenvalue weighted by molar-refractivity contribution is -0.146. The molecule has 2 N–H and O–H groups in total. The summed E-state index contributed by atoms with van der Waals surface area (Å²) >= 11 is 3.30. The van der Waals surface area contributed by atoms with Gasteiger partial charge in [0.25, 0.3) is 0 Å². The third kappa shape index (κ3) is 6.37. The van der Waals surface area contributed by atoms with Crippen LogP contribution in [0.25, 0.3) is 10.9 Å². The van der Waals surface area contributed by atoms with Gasteiger partial charge in [-0.15, -0.1) is 0 Å². The van der Waals surface area contributed by atoms with Crippen LogP contribution in [0.3, 0.4) is 0 Å². The smallest absolute Gasteiger partial charge is 0.328 e. The molecule has 0 unspecified atom stereocenters. The molecular formula is C26H30BrFN2O5. The monoisotopic (exact) mass is 548 g/mol. The van der Waals surface area contributed by atoms with Crippen LogP contribution >= 0.6 is 15.9 Å². The van der Waals surface area contributed by atoms with Gasteiger partial charge >= 0.3 is 5.97 Å². The number of ether oxygens (including phenoxy) is 1. The van der Waals surface area contributed by atoms with E-state index in [4.69, 9.17) is 4.74 Å². The summed E-state index contributed by atoms with van der Waals surface area (Å²) in [6.45, 7) is 0. The van der Waals surface area contributed by atoms with E-state index in [9.17, 15) is 23.6 Å². The number of carbonyl (C=O) groups excluding carboxylic acids is 4. The Morgan fingerprint density at radius 1 is 1.17 bits per heavy atom. The van der Waals surface area contributed by atoms with Gasteiger partial charge in [-0.2, -0.15) is 0 Å². The van der Waals surface area contributed by atoms with E-state index in [2.05, 4.69) is 26.2 Å². The number of methoxy groups -OCH3 is 1. The average Bonchev–Trinajstić information content (AvgIpc) is 3.54. The molecule has 1 amide bonds. The van der Waals surface area contributed by atoms with Crippen molar-refractivity contribution in [2.75, 3.05) is 7.11 Å². The lowest BCUT2D eigenvalue weighted by Crippen LogP contribution is -2.46. The first kappa shape index (κ1) is 25.5. The van der Waals surface area contributed by atoms with E-state index < -0.39 is 23.7 Å². The Bertz CT molecular complexity index is 1140. The molecule has 188 valence electrons. The molecule has 0 bridgehead atoms. The molecule has 2 aromatic rings. The fourth-order valence-electron chi connectivity index (χ4n) is 4.92. The number of amides is 1. The lowest BCUT2D eigenvalue weighted by atomic mass is 9.83. The molecule has 0 aliphatic heterocycles. The molecule has 1 aromatic carbocycles. The minimum atomic E-state index is -0.927. The van der Waals surface area contributed by atoms with Crippen LogP contribution in [0.1, 0.15) is 68.3 Å². The number of aromatic amines is 1. The summed E-state index contributed by atoms with van der Waals surface area (Å²) in [5, 5.41) is 3.34. The quantitative estimate of drug-likeness (QED) is 0.325. The number of hydrogen-bond acceptors (Lipinski definition) is 5. The molecule has 35 heavy (non-hydrogen) atoms. The number of rotatable bonds is 10. The van der Waals surface area contributed by atoms with E-state index in [0.717, 1.165) is 25.7 Å². The highest BCUT2D eigenvalue weighted by atomic mass is 79.9. The summed E-state index contributed by atoms with van der Waals surface area (Å²) in [7, 11) is 1.26. The largest absolute Gasteiger partial charge is 0.467 e. The molecule has 2 fully saturated rings. The van der Waals surface area contributed by atoms with E-state index in [1.54, 1.807) is 6.07 Å². The van der Waals surface area contributed by atoms with E-state index >= 15 is 0 Å². The van der Waals surface area contributed by atoms with Crippen molar-refractivity contribution in [2.45, 2.75) is 63.8 Å². The van der Waals surface area contributed by atoms with Crippen LogP contribution in [0.2, 0.25) is 0 Å². The maximum atomic E-state index is 13.7. The van der Waals surface area contributed by atoms with Gasteiger partial charge < -0.3 is 15.0 Å². The molecule has 2 saturated carbocycles. The van der Waals surface area contributed by atoms with Crippen LogP contribution in [-0.4, -0.2) is 41.6 Å². The van der Waals surface area contributed by atoms with Crippen molar-refractivity contribution < 1.29 is 28.3 Å². The summed E-state index contributed by atoms with van der Waals surface area (Å²) in [6, 6.07) is 3.32. The number of esters is 1. The van der Waals surface area contributed by atoms with Crippen LogP contribution in [0.4, 0.5) is 4.39 Å². The second kappa shape index (κ2) is 11.0. The number of benzene rings is 1. The van der Waals surface area contributed by atoms with E-state index in [0.29, 0.717) is 46.2 Å². The minimum absolute atomic E-state index is 0.0362. The summed E-state index contributed by atoms with van der Waals surface area (Å²) in [4.78, 5) is 54.1. The van der Waals surface area contributed by atoms with Gasteiger partial charge in [0.15, 0.2) is 5.78 Å². The molecule has 9 heteroatoms. The number of hydrogen-bond donors (Lipinski definition) is 2. The highest BCUT2D eigenvalue weighted by molar-refractivity contribution is 9.10. The second-order valence-corrected chi connectivity index (χ2v) is 10.6. The average molecular weight is 549 g/mol. The number of H-pyrrole nitrogens is 1. The third-order valence-electron chi connectivity index (χ3n) is 7.07. The highest BCUT2D eigenvalue weighted by Crippen LogP contribution is 2.37. The minimum Gasteiger partial charge on any atom is -0.467 e. The van der Waals surface area contributed by atoms with Gasteiger partial charge in [-0.3, -0.25) is 14.4 Å². The fraction of sp³-hybridized carbons (Fsp3) is 0.538. The molecule has 1 heterocycles. The molecule has 2 aliphatic rings. The molecule has 2 aliphatic carbocycles. The number of carbonyl (C=O) groups is 4. The summed E-state index contributed by atoms with van der Waals surface area (Å²) in [5.74, 6) is -2.04. The van der Waals surface area contributed by atoms with Crippen LogP contribution in [-0.2, 0) is 19.1 Å². The second-order valence-electron chi connectivity index (χ2n) is 9.77. The maximum absolute atomic E-state index is 13.7. The number of nitrogens with one attached hydrogen (secondary N) is 2. The van der Waals surface area contributed by atoms with Crippen molar-refractivity contribution >= 4 is 50.3 Å². The van der Waals surface area contributed by atoms with Crippen LogP contribution in [0.15, 0.2) is 22.7 Å². The summed E-state index contributed by atoms with van der Waals surface area (Å²) in [5.41, 5.74) is 0.915. The summed E-state index contributed by atoms with van der Waals surface area (Å²) < 4.78 is 19.1. The number of ketones is 2. The number of halogens is 2. The van der Waals surface area contributed by atoms with Gasteiger partial charge in [0.1, 0.15) is 17.6 Å². The zero-order chi connectivity index (χ0) is 25.1. The Morgan fingerprint density at radius 2 is 1.94 bits per heavy atom. The number of Topliss-reactive ketones (excluding diaryl/α,β-unsaturated/α-hetero) is 2. The maximum Gasteiger partial charge on any atom is 0.328 e. The SMILES string of the molecule is COC(=O)[C@H](C[C@@H]1CCCCC1=O)NC(=O)[C@@H](CC(=O)c1cc2cc(F)cc(Br)c2[nH]1)CC1CC1. The Labute approximate surface area is 211 Å². The molecular weight excluding hydrogens is 519 g/mol. The van der Waals surface area contributed by atoms with Crippen molar-refractivity contribution in [3.05, 3.63) is 34.2 Å². The molecule has 3 atom stereocenters. The van der Waals surface area contributed by atoms with Crippen LogP contribution in [0, 0.1) is 23.6 Å². The molecule has 0 radical (unpaired) electrons. The standard InChI is InChI=1S/C26H30BrFN2O5/c1-35-26(34)21(10-15-4-2-3-5-22(15)31)30-25(33)17(8-14-6-7-14)12-23(32)20-11-16-9-18(28)13-19(27)24(16)29-20/h9,11,13-15,17,21,29H,2-8,10,12H2,1H3,(H,30,33)/t15-,17+,21-/m0/s1. The van der Waals surface area contributed by atoms with Crippen molar-refractivity contribution in [1.82, 2.24) is 10.3 Å². The van der Waals surface area contributed by atoms with Gasteiger partial charge in [0.2, 0.25) is 5.91 Å². The van der Waals surface area contributed by atoms with E-state index in [-0.39, 0.29) is 36.2 Å². The third-order valence-corrected chi connectivity index (χ3v) is 7.69. The Kier molecular flexibility index (Phi) is 8.04. The van der Waals surface area contributed by atoms with E-state index in [1.165, 1.54) is 19.2 Å². The Hall–Kier alpha value is -2.55. The number of fused-ring (bicyclic) bond motifs is 1. The first-order chi connectivity index (χ1) is 16.7. The lowest BCUT2D eigenvalue weighted by Gasteiger charge is -2.26. The van der Waals surface area contributed by atoms with Gasteiger partial charge in [0.05, 0.1) is 18.3 Å². The zero-order valence-electron chi connectivity index (χ0n) is 19.7. The van der Waals surface area contributed by atoms with E-state index in [1.807, 2.05) is 0 Å². The number of aromatic nitrogens is 1. The van der Waals surface area contributed by atoms with Crippen LogP contribution < -0.4 is 5.32 Å². The molecule has 0 saturated heterocycles. The first-order valence-electron chi connectivity index (χ1n) is 12.2. The fourth-order valence-corrected chi connectivity index (χ4v) is 5.47. The predicted molar refractivity (Wildman–Crippen MR) is 131 cm³/mol. The molecule has 1 aromatic heterocycles. The molecule has 7 nitrogen and oxygen atoms in total. The molecule has 0 spiro atoms. The Morgan fingerprint density at radius 3 is 2.63 bits per heavy atom. The molecule has 4 rings (SSSR count). The normalized spacial score (nSPS) is 19.9. The van der Waals surface area contributed by atoms with Gasteiger partial charge in [0, 0.05) is 34.5 Å². The van der Waals surface area contributed by atoms with Crippen molar-refractivity contribution in [3.63, 3.8) is 0 Å². The Balaban J connectivity index is 1.48. The van der Waals surface area contributed by atoms with Gasteiger partial charge in [-0.05, 0) is 65.7 Å². The van der Waals surface area contributed by atoms with Gasteiger partial charge in [-0.25, -0.2) is 9.18 Å². The topological polar surface area (TPSA) is 105 Å². The van der Waals surface area contributed by atoms with Crippen molar-refractivity contribution in [3.8, 4) is 0 Å².